The van der Waals surface area contributed by atoms with Crippen molar-refractivity contribution < 1.29 is 14.3 Å². The van der Waals surface area contributed by atoms with E-state index < -0.39 is 5.97 Å². The van der Waals surface area contributed by atoms with Gasteiger partial charge in [0.25, 0.3) is 5.56 Å². The first-order valence-electron chi connectivity index (χ1n) is 8.58. The van der Waals surface area contributed by atoms with Crippen molar-refractivity contribution in [3.8, 4) is 0 Å². The molecule has 8 heteroatoms. The lowest BCUT2D eigenvalue weighted by Gasteiger charge is -2.13. The molecule has 0 bridgehead atoms. The molecule has 0 fully saturated rings. The Morgan fingerprint density at radius 3 is 2.86 bits per heavy atom. The number of nitrogens with zero attached hydrogens (tertiary/aromatic N) is 3. The highest BCUT2D eigenvalue weighted by Gasteiger charge is 2.20. The molecule has 0 atom stereocenters. The van der Waals surface area contributed by atoms with Crippen molar-refractivity contribution in [3.05, 3.63) is 74.8 Å². The molecule has 142 valence electrons. The summed E-state index contributed by atoms with van der Waals surface area (Å²) in [6, 6.07) is 8.97. The second-order valence-corrected chi connectivity index (χ2v) is 7.10. The maximum Gasteiger partial charge on any atom is 0.340 e. The van der Waals surface area contributed by atoms with Crippen molar-refractivity contribution in [2.45, 2.75) is 20.1 Å². The van der Waals surface area contributed by atoms with Gasteiger partial charge in [0, 0.05) is 30.1 Å². The molecular formula is C20H17N3O4S. The van der Waals surface area contributed by atoms with Gasteiger partial charge in [-0.25, -0.2) is 14.8 Å². The molecule has 0 amide bonds. The van der Waals surface area contributed by atoms with Gasteiger partial charge in [0.1, 0.15) is 6.61 Å². The third-order valence-electron chi connectivity index (χ3n) is 4.42. The van der Waals surface area contributed by atoms with Crippen molar-refractivity contribution in [1.82, 2.24) is 14.4 Å². The van der Waals surface area contributed by atoms with E-state index in [1.165, 1.54) is 21.8 Å². The largest absolute Gasteiger partial charge is 0.456 e. The topological polar surface area (TPSA) is 82.8 Å². The van der Waals surface area contributed by atoms with E-state index in [4.69, 9.17) is 9.47 Å². The Morgan fingerprint density at radius 1 is 1.21 bits per heavy atom. The quantitative estimate of drug-likeness (QED) is 0.483. The lowest BCUT2D eigenvalue weighted by atomic mass is 10.0. The van der Waals surface area contributed by atoms with Crippen LogP contribution in [0.2, 0.25) is 0 Å². The summed E-state index contributed by atoms with van der Waals surface area (Å²) in [4.78, 5) is 34.4. The summed E-state index contributed by atoms with van der Waals surface area (Å²) < 4.78 is 12.1. The predicted octanol–water partition coefficient (Wildman–Crippen LogP) is 3.12. The van der Waals surface area contributed by atoms with E-state index in [0.717, 1.165) is 16.5 Å². The molecule has 28 heavy (non-hydrogen) atoms. The number of thiazole rings is 1. The zero-order valence-corrected chi connectivity index (χ0v) is 16.2. The molecule has 4 rings (SSSR count). The number of ether oxygens (including phenoxy) is 2. The Morgan fingerprint density at radius 2 is 2.04 bits per heavy atom. The average molecular weight is 395 g/mol. The number of fused-ring (bicyclic) bond motifs is 2. The third-order valence-corrected chi connectivity index (χ3v) is 5.18. The molecular weight excluding hydrogens is 378 g/mol. The van der Waals surface area contributed by atoms with E-state index in [1.807, 2.05) is 31.2 Å². The second-order valence-electron chi connectivity index (χ2n) is 6.23. The Balaban J connectivity index is 1.66. The minimum absolute atomic E-state index is 0.0961. The van der Waals surface area contributed by atoms with Crippen LogP contribution in [0, 0.1) is 6.92 Å². The number of hydrogen-bond donors (Lipinski definition) is 0. The Kier molecular flexibility index (Phi) is 4.89. The van der Waals surface area contributed by atoms with Gasteiger partial charge in [-0.3, -0.25) is 9.20 Å². The zero-order valence-electron chi connectivity index (χ0n) is 15.3. The van der Waals surface area contributed by atoms with Crippen LogP contribution < -0.4 is 5.56 Å². The first-order valence-corrected chi connectivity index (χ1v) is 9.46. The summed E-state index contributed by atoms with van der Waals surface area (Å²) in [6.45, 7) is 1.96. The summed E-state index contributed by atoms with van der Waals surface area (Å²) >= 11 is 1.34. The van der Waals surface area contributed by atoms with E-state index in [0.29, 0.717) is 21.9 Å². The number of carbonyl (C=O) groups excluding carboxylic acids is 1. The van der Waals surface area contributed by atoms with Gasteiger partial charge in [0.2, 0.25) is 0 Å². The van der Waals surface area contributed by atoms with Crippen LogP contribution in [0.15, 0.2) is 46.7 Å². The molecule has 3 heterocycles. The summed E-state index contributed by atoms with van der Waals surface area (Å²) in [6.07, 6.45) is 1.66. The molecule has 0 unspecified atom stereocenters. The number of pyridine rings is 1. The van der Waals surface area contributed by atoms with Crippen molar-refractivity contribution in [2.24, 2.45) is 0 Å². The van der Waals surface area contributed by atoms with Gasteiger partial charge in [-0.2, -0.15) is 0 Å². The first kappa shape index (κ1) is 18.3. The van der Waals surface area contributed by atoms with Crippen LogP contribution in [0.3, 0.4) is 0 Å². The van der Waals surface area contributed by atoms with Crippen LogP contribution in [0.25, 0.3) is 15.9 Å². The fourth-order valence-electron chi connectivity index (χ4n) is 3.13. The Hall–Kier alpha value is -3.10. The maximum atomic E-state index is 12.9. The van der Waals surface area contributed by atoms with Crippen molar-refractivity contribution >= 4 is 33.2 Å². The monoisotopic (exact) mass is 395 g/mol. The van der Waals surface area contributed by atoms with Gasteiger partial charge in [0.05, 0.1) is 29.1 Å². The van der Waals surface area contributed by atoms with E-state index >= 15 is 0 Å². The van der Waals surface area contributed by atoms with Crippen LogP contribution in [0.5, 0.6) is 0 Å². The highest BCUT2D eigenvalue weighted by atomic mass is 32.1. The average Bonchev–Trinajstić information content (AvgIpc) is 3.16. The number of carbonyl (C=O) groups is 1. The summed E-state index contributed by atoms with van der Waals surface area (Å²) in [5.74, 6) is -0.518. The normalized spacial score (nSPS) is 11.2. The number of aryl methyl sites for hydroxylation is 1. The number of hydrogen-bond acceptors (Lipinski definition) is 7. The van der Waals surface area contributed by atoms with Gasteiger partial charge in [0.15, 0.2) is 4.96 Å². The van der Waals surface area contributed by atoms with Crippen molar-refractivity contribution in [3.63, 3.8) is 0 Å². The fourth-order valence-corrected chi connectivity index (χ4v) is 3.86. The minimum atomic E-state index is -0.518. The van der Waals surface area contributed by atoms with Crippen LogP contribution in [0.4, 0.5) is 0 Å². The summed E-state index contributed by atoms with van der Waals surface area (Å²) in [7, 11) is 1.55. The molecule has 0 aliphatic carbocycles. The SMILES string of the molecule is COCc1nc2ccccc2c(C)c1C(=O)OCc1cc(=O)n2ccsc2n1. The molecule has 3 aromatic heterocycles. The Bertz CT molecular complexity index is 1250. The molecule has 0 saturated heterocycles. The van der Waals surface area contributed by atoms with E-state index in [2.05, 4.69) is 9.97 Å². The van der Waals surface area contributed by atoms with Crippen LogP contribution in [-0.2, 0) is 22.7 Å². The summed E-state index contributed by atoms with van der Waals surface area (Å²) in [5, 5.41) is 2.66. The number of aromatic nitrogens is 3. The molecule has 7 nitrogen and oxygen atoms in total. The zero-order chi connectivity index (χ0) is 19.7. The highest BCUT2D eigenvalue weighted by Crippen LogP contribution is 2.24. The van der Waals surface area contributed by atoms with E-state index in [9.17, 15) is 9.59 Å². The van der Waals surface area contributed by atoms with Crippen molar-refractivity contribution in [1.29, 1.82) is 0 Å². The third kappa shape index (κ3) is 3.28. The number of esters is 1. The maximum absolute atomic E-state index is 12.9. The highest BCUT2D eigenvalue weighted by molar-refractivity contribution is 7.15. The molecule has 0 saturated carbocycles. The lowest BCUT2D eigenvalue weighted by Crippen LogP contribution is -2.16. The number of methoxy groups -OCH3 is 1. The first-order chi connectivity index (χ1) is 13.6. The van der Waals surface area contributed by atoms with Crippen LogP contribution in [-0.4, -0.2) is 27.4 Å². The number of para-hydroxylation sites is 1. The van der Waals surface area contributed by atoms with Gasteiger partial charge in [-0.1, -0.05) is 18.2 Å². The number of rotatable bonds is 5. The molecule has 0 aliphatic rings. The van der Waals surface area contributed by atoms with Gasteiger partial charge >= 0.3 is 5.97 Å². The van der Waals surface area contributed by atoms with Crippen LogP contribution >= 0.6 is 11.3 Å². The minimum Gasteiger partial charge on any atom is -0.456 e. The van der Waals surface area contributed by atoms with Gasteiger partial charge in [-0.05, 0) is 18.6 Å². The smallest absolute Gasteiger partial charge is 0.340 e. The molecule has 0 radical (unpaired) electrons. The molecule has 0 aliphatic heterocycles. The van der Waals surface area contributed by atoms with Crippen LogP contribution in [0.1, 0.15) is 27.3 Å². The summed E-state index contributed by atoms with van der Waals surface area (Å²) in [5.41, 5.74) is 2.67. The lowest BCUT2D eigenvalue weighted by molar-refractivity contribution is 0.0461. The van der Waals surface area contributed by atoms with Gasteiger partial charge < -0.3 is 9.47 Å². The molecule has 0 spiro atoms. The molecule has 4 aromatic rings. The van der Waals surface area contributed by atoms with Crippen molar-refractivity contribution in [2.75, 3.05) is 7.11 Å². The molecule has 1 aromatic carbocycles. The van der Waals surface area contributed by atoms with E-state index in [1.54, 1.807) is 18.7 Å². The standard InChI is InChI=1S/C20H17N3O4S/c1-12-14-5-3-4-6-15(14)22-16(11-26-2)18(12)19(25)27-10-13-9-17(24)23-7-8-28-20(23)21-13/h3-9H,10-11H2,1-2H3. The predicted molar refractivity (Wildman–Crippen MR) is 106 cm³/mol. The fraction of sp³-hybridized carbons (Fsp3) is 0.200. The molecule has 0 N–H and O–H groups in total. The number of benzene rings is 1. The second kappa shape index (κ2) is 7.49. The van der Waals surface area contributed by atoms with Gasteiger partial charge in [-0.15, -0.1) is 11.3 Å². The van der Waals surface area contributed by atoms with E-state index in [-0.39, 0.29) is 18.8 Å². The Labute approximate surface area is 164 Å².